The Morgan fingerprint density at radius 3 is 2.43 bits per heavy atom. The molecular formula is C17H28N2O2. The molecule has 1 aromatic carbocycles. The summed E-state index contributed by atoms with van der Waals surface area (Å²) in [5, 5.41) is 0. The van der Waals surface area contributed by atoms with Crippen molar-refractivity contribution in [2.75, 3.05) is 27.3 Å². The zero-order chi connectivity index (χ0) is 15.2. The molecule has 2 rings (SSSR count). The summed E-state index contributed by atoms with van der Waals surface area (Å²) in [5.41, 5.74) is 8.84. The van der Waals surface area contributed by atoms with E-state index >= 15 is 0 Å². The highest BCUT2D eigenvalue weighted by Crippen LogP contribution is 2.33. The Bertz CT molecular complexity index is 462. The van der Waals surface area contributed by atoms with Gasteiger partial charge in [-0.05, 0) is 49.1 Å². The fourth-order valence-electron chi connectivity index (χ4n) is 3.00. The van der Waals surface area contributed by atoms with Crippen molar-refractivity contribution in [3.8, 4) is 11.5 Å². The lowest BCUT2D eigenvalue weighted by Crippen LogP contribution is -2.34. The number of ether oxygens (including phenoxy) is 2. The van der Waals surface area contributed by atoms with Crippen molar-refractivity contribution in [1.29, 1.82) is 0 Å². The summed E-state index contributed by atoms with van der Waals surface area (Å²) in [4.78, 5) is 2.49. The van der Waals surface area contributed by atoms with E-state index in [1.165, 1.54) is 17.5 Å². The van der Waals surface area contributed by atoms with Crippen molar-refractivity contribution < 1.29 is 9.47 Å². The van der Waals surface area contributed by atoms with E-state index in [0.717, 1.165) is 50.4 Å². The predicted molar refractivity (Wildman–Crippen MR) is 86.0 cm³/mol. The number of rotatable bonds is 7. The summed E-state index contributed by atoms with van der Waals surface area (Å²) in [6.45, 7) is 5.35. The van der Waals surface area contributed by atoms with Crippen LogP contribution in [0.4, 0.5) is 0 Å². The number of nitrogens with zero attached hydrogens (tertiary/aromatic N) is 1. The molecule has 0 fully saturated rings. The van der Waals surface area contributed by atoms with Crippen molar-refractivity contribution in [2.24, 2.45) is 5.73 Å². The number of nitrogens with two attached hydrogens (primary N) is 1. The normalized spacial score (nSPS) is 16.4. The second kappa shape index (κ2) is 7.66. The van der Waals surface area contributed by atoms with Crippen LogP contribution in [0.5, 0.6) is 11.5 Å². The predicted octanol–water partition coefficient (Wildman–Crippen LogP) is 2.58. The van der Waals surface area contributed by atoms with Crippen LogP contribution in [0.3, 0.4) is 0 Å². The molecule has 0 aliphatic carbocycles. The Labute approximate surface area is 128 Å². The molecule has 0 spiro atoms. The molecule has 1 aliphatic rings. The third kappa shape index (κ3) is 4.11. The molecule has 0 saturated heterocycles. The minimum absolute atomic E-state index is 0.335. The molecule has 2 N–H and O–H groups in total. The van der Waals surface area contributed by atoms with Gasteiger partial charge in [0.1, 0.15) is 0 Å². The van der Waals surface area contributed by atoms with Gasteiger partial charge >= 0.3 is 0 Å². The highest BCUT2D eigenvalue weighted by molar-refractivity contribution is 5.48. The second-order valence-corrected chi connectivity index (χ2v) is 5.84. The lowest BCUT2D eigenvalue weighted by Gasteiger charge is -2.30. The minimum Gasteiger partial charge on any atom is -0.493 e. The average molecular weight is 292 g/mol. The zero-order valence-electron chi connectivity index (χ0n) is 13.5. The van der Waals surface area contributed by atoms with Crippen molar-refractivity contribution in [3.05, 3.63) is 23.3 Å². The van der Waals surface area contributed by atoms with Gasteiger partial charge in [-0.15, -0.1) is 0 Å². The molecule has 1 aromatic rings. The van der Waals surface area contributed by atoms with Crippen molar-refractivity contribution >= 4 is 0 Å². The number of methoxy groups -OCH3 is 2. The first-order chi connectivity index (χ1) is 10.2. The van der Waals surface area contributed by atoms with Crippen LogP contribution in [0.25, 0.3) is 0 Å². The van der Waals surface area contributed by atoms with Crippen LogP contribution < -0.4 is 15.2 Å². The standard InChI is InChI=1S/C17H28N2O2/c1-4-5-15(18)7-9-19-8-6-13-10-16(20-2)17(21-3)11-14(13)12-19/h10-11,15H,4-9,12,18H2,1-3H3. The molecule has 1 atom stereocenters. The van der Waals surface area contributed by atoms with E-state index in [4.69, 9.17) is 15.2 Å². The van der Waals surface area contributed by atoms with Crippen LogP contribution in [0.1, 0.15) is 37.3 Å². The molecule has 0 amide bonds. The van der Waals surface area contributed by atoms with E-state index in [1.54, 1.807) is 14.2 Å². The molecule has 4 heteroatoms. The van der Waals surface area contributed by atoms with E-state index in [9.17, 15) is 0 Å². The third-order valence-electron chi connectivity index (χ3n) is 4.27. The largest absolute Gasteiger partial charge is 0.493 e. The summed E-state index contributed by atoms with van der Waals surface area (Å²) in [5.74, 6) is 1.65. The SMILES string of the molecule is CCCC(N)CCN1CCc2cc(OC)c(OC)cc2C1. The van der Waals surface area contributed by atoms with E-state index < -0.39 is 0 Å². The summed E-state index contributed by atoms with van der Waals surface area (Å²) >= 11 is 0. The molecule has 0 bridgehead atoms. The van der Waals surface area contributed by atoms with Gasteiger partial charge in [-0.25, -0.2) is 0 Å². The quantitative estimate of drug-likeness (QED) is 0.839. The van der Waals surface area contributed by atoms with Crippen LogP contribution in [0.2, 0.25) is 0 Å². The number of fused-ring (bicyclic) bond motifs is 1. The fraction of sp³-hybridized carbons (Fsp3) is 0.647. The Kier molecular flexibility index (Phi) is 5.88. The Morgan fingerprint density at radius 1 is 1.14 bits per heavy atom. The summed E-state index contributed by atoms with van der Waals surface area (Å²) in [6, 6.07) is 4.57. The van der Waals surface area contributed by atoms with Gasteiger partial charge in [-0.1, -0.05) is 13.3 Å². The Balaban J connectivity index is 1.99. The van der Waals surface area contributed by atoms with Crippen LogP contribution in [0.15, 0.2) is 12.1 Å². The lowest BCUT2D eigenvalue weighted by atomic mass is 9.98. The summed E-state index contributed by atoms with van der Waals surface area (Å²) in [7, 11) is 3.38. The van der Waals surface area contributed by atoms with Gasteiger partial charge in [0.2, 0.25) is 0 Å². The van der Waals surface area contributed by atoms with E-state index in [0.29, 0.717) is 6.04 Å². The number of hydrogen-bond donors (Lipinski definition) is 1. The Morgan fingerprint density at radius 2 is 1.81 bits per heavy atom. The maximum absolute atomic E-state index is 6.12. The van der Waals surface area contributed by atoms with Gasteiger partial charge in [-0.2, -0.15) is 0 Å². The molecular weight excluding hydrogens is 264 g/mol. The molecule has 0 aromatic heterocycles. The maximum atomic E-state index is 6.12. The first kappa shape index (κ1) is 16.1. The van der Waals surface area contributed by atoms with Crippen molar-refractivity contribution in [3.63, 3.8) is 0 Å². The topological polar surface area (TPSA) is 47.7 Å². The number of benzene rings is 1. The van der Waals surface area contributed by atoms with Gasteiger partial charge in [-0.3, -0.25) is 4.90 Å². The third-order valence-corrected chi connectivity index (χ3v) is 4.27. The lowest BCUT2D eigenvalue weighted by molar-refractivity contribution is 0.241. The monoisotopic (exact) mass is 292 g/mol. The van der Waals surface area contributed by atoms with Crippen molar-refractivity contribution in [1.82, 2.24) is 4.90 Å². The van der Waals surface area contributed by atoms with E-state index in [2.05, 4.69) is 24.0 Å². The minimum atomic E-state index is 0.335. The number of hydrogen-bond acceptors (Lipinski definition) is 4. The summed E-state index contributed by atoms with van der Waals surface area (Å²) < 4.78 is 10.8. The van der Waals surface area contributed by atoms with E-state index in [1.807, 2.05) is 0 Å². The van der Waals surface area contributed by atoms with Gasteiger partial charge in [0.05, 0.1) is 14.2 Å². The summed E-state index contributed by atoms with van der Waals surface area (Å²) in [6.07, 6.45) is 4.44. The molecule has 21 heavy (non-hydrogen) atoms. The zero-order valence-corrected chi connectivity index (χ0v) is 13.5. The highest BCUT2D eigenvalue weighted by atomic mass is 16.5. The smallest absolute Gasteiger partial charge is 0.161 e. The van der Waals surface area contributed by atoms with Gasteiger partial charge in [0.15, 0.2) is 11.5 Å². The molecule has 4 nitrogen and oxygen atoms in total. The second-order valence-electron chi connectivity index (χ2n) is 5.84. The van der Waals surface area contributed by atoms with E-state index in [-0.39, 0.29) is 0 Å². The van der Waals surface area contributed by atoms with Crippen LogP contribution in [0, 0.1) is 0 Å². The molecule has 1 heterocycles. The molecule has 0 radical (unpaired) electrons. The first-order valence-electron chi connectivity index (χ1n) is 7.89. The highest BCUT2D eigenvalue weighted by Gasteiger charge is 2.19. The average Bonchev–Trinajstić information content (AvgIpc) is 2.51. The van der Waals surface area contributed by atoms with Crippen LogP contribution in [-0.2, 0) is 13.0 Å². The van der Waals surface area contributed by atoms with Gasteiger partial charge in [0.25, 0.3) is 0 Å². The van der Waals surface area contributed by atoms with Crippen molar-refractivity contribution in [2.45, 2.75) is 45.2 Å². The van der Waals surface area contributed by atoms with Crippen LogP contribution >= 0.6 is 0 Å². The molecule has 1 aliphatic heterocycles. The fourth-order valence-corrected chi connectivity index (χ4v) is 3.00. The van der Waals surface area contributed by atoms with Gasteiger partial charge in [0, 0.05) is 19.1 Å². The first-order valence-corrected chi connectivity index (χ1v) is 7.89. The Hall–Kier alpha value is -1.26. The van der Waals surface area contributed by atoms with Crippen LogP contribution in [-0.4, -0.2) is 38.3 Å². The van der Waals surface area contributed by atoms with Gasteiger partial charge < -0.3 is 15.2 Å². The molecule has 1 unspecified atom stereocenters. The maximum Gasteiger partial charge on any atom is 0.161 e. The molecule has 0 saturated carbocycles. The molecule has 118 valence electrons.